The van der Waals surface area contributed by atoms with E-state index in [0.717, 1.165) is 22.7 Å². The molecule has 9 nitrogen and oxygen atoms in total. The maximum Gasteiger partial charge on any atom is 0.416 e. The summed E-state index contributed by atoms with van der Waals surface area (Å²) >= 11 is 0. The van der Waals surface area contributed by atoms with Gasteiger partial charge in [-0.1, -0.05) is 0 Å². The number of ether oxygens (including phenoxy) is 2. The largest absolute Gasteiger partial charge is 0.491 e. The quantitative estimate of drug-likeness (QED) is 0.748. The lowest BCUT2D eigenvalue weighted by atomic mass is 10.1. The Morgan fingerprint density at radius 1 is 1.41 bits per heavy atom. The number of hydrogen-bond donors (Lipinski definition) is 2. The summed E-state index contributed by atoms with van der Waals surface area (Å²) in [6.07, 6.45) is -1.67. The zero-order valence-corrected chi connectivity index (χ0v) is 15.7. The van der Waals surface area contributed by atoms with Gasteiger partial charge in [-0.25, -0.2) is 23.5 Å². The number of carbonyl (C=O) groups excluding carboxylic acids is 2. The average molecular weight is 409 g/mol. The van der Waals surface area contributed by atoms with Crippen molar-refractivity contribution in [2.24, 2.45) is 5.73 Å². The van der Waals surface area contributed by atoms with Crippen molar-refractivity contribution < 1.29 is 27.8 Å². The van der Waals surface area contributed by atoms with E-state index in [0.29, 0.717) is 24.7 Å². The summed E-state index contributed by atoms with van der Waals surface area (Å²) in [5.41, 5.74) is 5.84. The average Bonchev–Trinajstić information content (AvgIpc) is 3.22. The molecule has 4 rings (SSSR count). The molecule has 3 heterocycles. The summed E-state index contributed by atoms with van der Waals surface area (Å²) in [5, 5.41) is 3.22. The molecule has 1 fully saturated rings. The number of imidazole rings is 1. The van der Waals surface area contributed by atoms with Gasteiger partial charge in [0.05, 0.1) is 12.1 Å². The van der Waals surface area contributed by atoms with Gasteiger partial charge in [-0.2, -0.15) is 0 Å². The first-order valence-electron chi connectivity index (χ1n) is 8.97. The molecule has 1 aromatic carbocycles. The van der Waals surface area contributed by atoms with Gasteiger partial charge in [-0.05, 0) is 19.1 Å². The van der Waals surface area contributed by atoms with E-state index in [-0.39, 0.29) is 18.8 Å². The zero-order valence-electron chi connectivity index (χ0n) is 15.7. The number of fused-ring (bicyclic) bond motifs is 3. The number of anilines is 2. The lowest BCUT2D eigenvalue weighted by molar-refractivity contribution is -0.106. The van der Waals surface area contributed by atoms with Crippen LogP contribution in [0.5, 0.6) is 5.75 Å². The molecule has 0 spiro atoms. The Kier molecular flexibility index (Phi) is 6.15. The first-order chi connectivity index (χ1) is 14.0. The van der Waals surface area contributed by atoms with Crippen molar-refractivity contribution in [3.63, 3.8) is 0 Å². The molecular formula is C18H21F2N5O4. The maximum atomic E-state index is 13.2. The van der Waals surface area contributed by atoms with Crippen LogP contribution in [-0.2, 0) is 16.1 Å². The second-order valence-electron chi connectivity index (χ2n) is 6.19. The molecule has 0 aliphatic carbocycles. The van der Waals surface area contributed by atoms with Crippen LogP contribution in [0, 0.1) is 0 Å². The van der Waals surface area contributed by atoms with E-state index in [9.17, 15) is 13.6 Å². The van der Waals surface area contributed by atoms with Gasteiger partial charge in [-0.3, -0.25) is 4.79 Å². The molecule has 156 valence electrons. The second kappa shape index (κ2) is 8.76. The molecule has 1 aromatic heterocycles. The van der Waals surface area contributed by atoms with Gasteiger partial charge in [0.1, 0.15) is 30.8 Å². The summed E-state index contributed by atoms with van der Waals surface area (Å²) < 4.78 is 38.8. The number of aromatic nitrogens is 2. The number of nitrogens with one attached hydrogen (secondary N) is 1. The minimum absolute atomic E-state index is 0.163. The van der Waals surface area contributed by atoms with Crippen LogP contribution in [0.2, 0.25) is 0 Å². The Morgan fingerprint density at radius 2 is 2.17 bits per heavy atom. The summed E-state index contributed by atoms with van der Waals surface area (Å²) in [7, 11) is 0. The van der Waals surface area contributed by atoms with Gasteiger partial charge in [0, 0.05) is 24.5 Å². The fourth-order valence-electron chi connectivity index (χ4n) is 3.18. The number of hydrogen-bond acceptors (Lipinski definition) is 6. The number of nitrogens with zero attached hydrogens (tertiary/aromatic N) is 3. The number of alkyl halides is 2. The fourth-order valence-corrected chi connectivity index (χ4v) is 3.18. The number of rotatable bonds is 4. The first-order valence-corrected chi connectivity index (χ1v) is 8.97. The molecule has 0 bridgehead atoms. The Hall–Kier alpha value is -3.37. The highest BCUT2D eigenvalue weighted by Gasteiger charge is 2.42. The van der Waals surface area contributed by atoms with Gasteiger partial charge >= 0.3 is 6.09 Å². The molecule has 1 atom stereocenters. The van der Waals surface area contributed by atoms with Gasteiger partial charge in [0.15, 0.2) is 5.82 Å². The van der Waals surface area contributed by atoms with Crippen LogP contribution in [0.1, 0.15) is 6.92 Å². The van der Waals surface area contributed by atoms with E-state index in [1.54, 1.807) is 6.20 Å². The third-order valence-electron chi connectivity index (χ3n) is 4.40. The Bertz CT molecular complexity index is 889. The molecule has 0 radical (unpaired) electrons. The highest BCUT2D eigenvalue weighted by atomic mass is 19.3. The molecule has 1 saturated heterocycles. The van der Waals surface area contributed by atoms with Crippen molar-refractivity contribution in [2.45, 2.75) is 25.9 Å². The highest BCUT2D eigenvalue weighted by Crippen LogP contribution is 2.36. The molecule has 2 amide bonds. The van der Waals surface area contributed by atoms with Crippen molar-refractivity contribution in [1.29, 1.82) is 0 Å². The van der Waals surface area contributed by atoms with Crippen molar-refractivity contribution >= 4 is 24.0 Å². The SMILES string of the molecule is CCNc1ccc2c(c1)OCCn1cc(N3C(=O)OCC3C(F)F)nc1-2.NC=O. The number of primary amides is 1. The topological polar surface area (TPSA) is 112 Å². The summed E-state index contributed by atoms with van der Waals surface area (Å²) in [6.45, 7) is 3.35. The van der Waals surface area contributed by atoms with Crippen molar-refractivity contribution in [2.75, 3.05) is 30.0 Å². The van der Waals surface area contributed by atoms with E-state index in [4.69, 9.17) is 14.3 Å². The van der Waals surface area contributed by atoms with Crippen LogP contribution in [0.25, 0.3) is 11.4 Å². The van der Waals surface area contributed by atoms with E-state index in [1.807, 2.05) is 29.7 Å². The molecule has 11 heteroatoms. The van der Waals surface area contributed by atoms with Crippen LogP contribution in [0.3, 0.4) is 0 Å². The van der Waals surface area contributed by atoms with Crippen molar-refractivity contribution in [3.8, 4) is 17.1 Å². The number of halogens is 2. The molecule has 0 saturated carbocycles. The van der Waals surface area contributed by atoms with E-state index in [2.05, 4.69) is 16.0 Å². The number of nitrogens with two attached hydrogens (primary N) is 1. The monoisotopic (exact) mass is 409 g/mol. The summed E-state index contributed by atoms with van der Waals surface area (Å²) in [4.78, 5) is 25.9. The molecule has 2 aliphatic heterocycles. The molecule has 2 aromatic rings. The van der Waals surface area contributed by atoms with Crippen LogP contribution in [0.4, 0.5) is 25.1 Å². The smallest absolute Gasteiger partial charge is 0.416 e. The first kappa shape index (κ1) is 20.4. The minimum Gasteiger partial charge on any atom is -0.491 e. The highest BCUT2D eigenvalue weighted by molar-refractivity contribution is 5.89. The minimum atomic E-state index is -2.71. The standard InChI is InChI=1S/C17H18F2N4O3.CH3NO/c1-2-20-10-3-4-11-13(7-10)25-6-5-22-8-14(21-16(11)22)23-12(15(18)19)9-26-17(23)24;2-1-3/h3-4,7-8,12,15,20H,2,5-6,9H2,1H3;1H,(H2,2,3). The molecule has 2 aliphatic rings. The Morgan fingerprint density at radius 3 is 2.86 bits per heavy atom. The normalized spacial score (nSPS) is 17.3. The molecule has 1 unspecified atom stereocenters. The van der Waals surface area contributed by atoms with Crippen LogP contribution in [0.15, 0.2) is 24.4 Å². The van der Waals surface area contributed by atoms with Crippen LogP contribution in [-0.4, -0.2) is 54.3 Å². The number of benzene rings is 1. The van der Waals surface area contributed by atoms with Crippen molar-refractivity contribution in [3.05, 3.63) is 24.4 Å². The second-order valence-corrected chi connectivity index (χ2v) is 6.19. The van der Waals surface area contributed by atoms with Gasteiger partial charge in [-0.15, -0.1) is 0 Å². The van der Waals surface area contributed by atoms with Gasteiger partial charge < -0.3 is 25.1 Å². The van der Waals surface area contributed by atoms with Gasteiger partial charge in [0.25, 0.3) is 6.43 Å². The third kappa shape index (κ3) is 4.08. The summed E-state index contributed by atoms with van der Waals surface area (Å²) in [6, 6.07) is 4.33. The Balaban J connectivity index is 0.000000755. The molecule has 3 N–H and O–H groups in total. The van der Waals surface area contributed by atoms with E-state index >= 15 is 0 Å². The van der Waals surface area contributed by atoms with Crippen molar-refractivity contribution in [1.82, 2.24) is 9.55 Å². The van der Waals surface area contributed by atoms with Gasteiger partial charge in [0.2, 0.25) is 6.41 Å². The van der Waals surface area contributed by atoms with Crippen LogP contribution >= 0.6 is 0 Å². The predicted molar refractivity (Wildman–Crippen MR) is 101 cm³/mol. The Labute approximate surface area is 165 Å². The number of cyclic esters (lactones) is 1. The molecule has 29 heavy (non-hydrogen) atoms. The lowest BCUT2D eigenvalue weighted by Gasteiger charge is -2.17. The van der Waals surface area contributed by atoms with E-state index < -0.39 is 18.6 Å². The zero-order chi connectivity index (χ0) is 21.0. The maximum absolute atomic E-state index is 13.2. The predicted octanol–water partition coefficient (Wildman–Crippen LogP) is 2.07. The van der Waals surface area contributed by atoms with Crippen LogP contribution < -0.4 is 20.7 Å². The lowest BCUT2D eigenvalue weighted by Crippen LogP contribution is -2.38. The fraction of sp³-hybridized carbons (Fsp3) is 0.389. The summed E-state index contributed by atoms with van der Waals surface area (Å²) in [5.74, 6) is 1.40. The molecular weight excluding hydrogens is 388 g/mol. The van der Waals surface area contributed by atoms with E-state index in [1.165, 1.54) is 0 Å². The third-order valence-corrected chi connectivity index (χ3v) is 4.40. The number of amides is 2. The number of carbonyl (C=O) groups is 2.